The molecule has 0 radical (unpaired) electrons. The van der Waals surface area contributed by atoms with Gasteiger partial charge in [0.25, 0.3) is 5.56 Å². The first-order chi connectivity index (χ1) is 10.6. The summed E-state index contributed by atoms with van der Waals surface area (Å²) in [6.45, 7) is 2.15. The van der Waals surface area contributed by atoms with Crippen molar-refractivity contribution in [2.75, 3.05) is 6.54 Å². The van der Waals surface area contributed by atoms with Crippen LogP contribution in [0.2, 0.25) is 0 Å². The molecule has 0 atom stereocenters. The van der Waals surface area contributed by atoms with E-state index in [1.54, 1.807) is 0 Å². The van der Waals surface area contributed by atoms with Crippen LogP contribution in [-0.4, -0.2) is 27.6 Å². The quantitative estimate of drug-likeness (QED) is 0.800. The van der Waals surface area contributed by atoms with Crippen molar-refractivity contribution in [2.45, 2.75) is 19.8 Å². The predicted octanol–water partition coefficient (Wildman–Crippen LogP) is 0.822. The molecule has 0 aliphatic heterocycles. The molecule has 2 N–H and O–H groups in total. The lowest BCUT2D eigenvalue weighted by Gasteiger charge is -2.03. The smallest absolute Gasteiger partial charge is 0.273 e. The van der Waals surface area contributed by atoms with Crippen molar-refractivity contribution in [3.05, 3.63) is 45.9 Å². The highest BCUT2D eigenvalue weighted by atomic mass is 16.1. The maximum Gasteiger partial charge on any atom is 0.273 e. The van der Waals surface area contributed by atoms with E-state index in [9.17, 15) is 9.59 Å². The second kappa shape index (κ2) is 7.18. The second-order valence-electron chi connectivity index (χ2n) is 4.80. The van der Waals surface area contributed by atoms with Crippen LogP contribution in [0.4, 0.5) is 0 Å². The molecule has 0 bridgehead atoms. The summed E-state index contributed by atoms with van der Waals surface area (Å²) in [5, 5.41) is 10.5. The Bertz CT molecular complexity index is 757. The number of aryl methyl sites for hydroxylation is 2. The van der Waals surface area contributed by atoms with E-state index < -0.39 is 0 Å². The van der Waals surface area contributed by atoms with Gasteiger partial charge in [0.2, 0.25) is 5.91 Å². The third-order valence-corrected chi connectivity index (χ3v) is 3.07. The molecule has 22 heavy (non-hydrogen) atoms. The first kappa shape index (κ1) is 15.4. The minimum Gasteiger partial charge on any atom is -0.345 e. The van der Waals surface area contributed by atoms with E-state index in [4.69, 9.17) is 6.42 Å². The summed E-state index contributed by atoms with van der Waals surface area (Å²) in [7, 11) is 0. The van der Waals surface area contributed by atoms with Gasteiger partial charge < -0.3 is 10.3 Å². The molecule has 2 aromatic rings. The molecule has 6 nitrogen and oxygen atoms in total. The molecular weight excluding hydrogens is 280 g/mol. The van der Waals surface area contributed by atoms with E-state index in [-0.39, 0.29) is 36.5 Å². The number of hydrogen-bond donors (Lipinski definition) is 2. The zero-order valence-corrected chi connectivity index (χ0v) is 12.2. The van der Waals surface area contributed by atoms with Gasteiger partial charge in [-0.15, -0.1) is 16.6 Å². The van der Waals surface area contributed by atoms with Crippen LogP contribution in [0.15, 0.2) is 29.1 Å². The van der Waals surface area contributed by atoms with Crippen molar-refractivity contribution < 1.29 is 4.79 Å². The molecule has 112 valence electrons. The summed E-state index contributed by atoms with van der Waals surface area (Å²) in [6.07, 6.45) is 5.40. The number of aromatic amines is 1. The van der Waals surface area contributed by atoms with Gasteiger partial charge in [0, 0.05) is 18.4 Å². The Balaban J connectivity index is 2.07. The fourth-order valence-electron chi connectivity index (χ4n) is 1.84. The second-order valence-corrected chi connectivity index (χ2v) is 4.80. The summed E-state index contributed by atoms with van der Waals surface area (Å²) < 4.78 is 0. The molecule has 0 aliphatic carbocycles. The predicted molar refractivity (Wildman–Crippen MR) is 83.0 cm³/mol. The molecule has 0 fully saturated rings. The molecular formula is C16H16N4O2. The Kier molecular flexibility index (Phi) is 5.04. The third kappa shape index (κ3) is 4.03. The van der Waals surface area contributed by atoms with Gasteiger partial charge in [-0.2, -0.15) is 0 Å². The molecule has 6 heteroatoms. The summed E-state index contributed by atoms with van der Waals surface area (Å²) in [6, 6.07) is 7.59. The summed E-state index contributed by atoms with van der Waals surface area (Å²) in [5.74, 6) is 2.50. The number of carbonyl (C=O) groups is 1. The molecule has 2 rings (SSSR count). The van der Waals surface area contributed by atoms with Gasteiger partial charge in [-0.1, -0.05) is 35.7 Å². The highest BCUT2D eigenvalue weighted by Crippen LogP contribution is 2.13. The first-order valence-electron chi connectivity index (χ1n) is 6.83. The standard InChI is InChI=1S/C16H16N4O2/c1-3-10-17-14(21)9-8-13-16(22)18-15(20-19-13)12-6-4-11(2)5-7-12/h1,4-7H,8-10H2,2H3,(H,17,21)(H,18,20,22). The number of H-pyrrole nitrogens is 1. The van der Waals surface area contributed by atoms with E-state index in [0.717, 1.165) is 11.1 Å². The zero-order chi connectivity index (χ0) is 15.9. The lowest BCUT2D eigenvalue weighted by molar-refractivity contribution is -0.120. The minimum atomic E-state index is -0.338. The molecule has 0 spiro atoms. The Morgan fingerprint density at radius 3 is 2.68 bits per heavy atom. The molecule has 1 amide bonds. The van der Waals surface area contributed by atoms with Crippen LogP contribution in [0.1, 0.15) is 17.7 Å². The number of amides is 1. The molecule has 0 unspecified atom stereocenters. The van der Waals surface area contributed by atoms with Gasteiger partial charge in [-0.3, -0.25) is 9.59 Å². The SMILES string of the molecule is C#CCNC(=O)CCc1nnc(-c2ccc(C)cc2)[nH]c1=O. The van der Waals surface area contributed by atoms with Crippen LogP contribution in [0.5, 0.6) is 0 Å². The maximum absolute atomic E-state index is 12.0. The number of rotatable bonds is 5. The number of benzene rings is 1. The first-order valence-corrected chi connectivity index (χ1v) is 6.83. The van der Waals surface area contributed by atoms with E-state index in [1.807, 2.05) is 31.2 Å². The lowest BCUT2D eigenvalue weighted by atomic mass is 10.1. The van der Waals surface area contributed by atoms with Crippen molar-refractivity contribution in [1.29, 1.82) is 0 Å². The van der Waals surface area contributed by atoms with E-state index in [2.05, 4.69) is 26.4 Å². The van der Waals surface area contributed by atoms with Crippen LogP contribution in [0, 0.1) is 19.3 Å². The molecule has 0 saturated heterocycles. The van der Waals surface area contributed by atoms with Gasteiger partial charge in [0.05, 0.1) is 6.54 Å². The maximum atomic E-state index is 12.0. The molecule has 0 aliphatic rings. The van der Waals surface area contributed by atoms with Gasteiger partial charge in [0.1, 0.15) is 5.69 Å². The van der Waals surface area contributed by atoms with Crippen LogP contribution in [0.3, 0.4) is 0 Å². The number of hydrogen-bond acceptors (Lipinski definition) is 4. The fourth-order valence-corrected chi connectivity index (χ4v) is 1.84. The van der Waals surface area contributed by atoms with Crippen LogP contribution >= 0.6 is 0 Å². The Labute approximate surface area is 128 Å². The molecule has 1 aromatic carbocycles. The van der Waals surface area contributed by atoms with Crippen LogP contribution in [0.25, 0.3) is 11.4 Å². The van der Waals surface area contributed by atoms with Gasteiger partial charge in [0.15, 0.2) is 5.82 Å². The average Bonchev–Trinajstić information content (AvgIpc) is 2.52. The highest BCUT2D eigenvalue weighted by Gasteiger charge is 2.09. The molecule has 1 aromatic heterocycles. The molecule has 1 heterocycles. The largest absolute Gasteiger partial charge is 0.345 e. The van der Waals surface area contributed by atoms with Crippen molar-refractivity contribution >= 4 is 5.91 Å². The molecule has 0 saturated carbocycles. The highest BCUT2D eigenvalue weighted by molar-refractivity contribution is 5.76. The van der Waals surface area contributed by atoms with Gasteiger partial charge >= 0.3 is 0 Å². The van der Waals surface area contributed by atoms with Crippen LogP contribution in [-0.2, 0) is 11.2 Å². The topological polar surface area (TPSA) is 87.7 Å². The number of nitrogens with zero attached hydrogens (tertiary/aromatic N) is 2. The van der Waals surface area contributed by atoms with Crippen molar-refractivity contribution in [2.24, 2.45) is 0 Å². The van der Waals surface area contributed by atoms with Crippen LogP contribution < -0.4 is 10.9 Å². The van der Waals surface area contributed by atoms with E-state index in [1.165, 1.54) is 0 Å². The third-order valence-electron chi connectivity index (χ3n) is 3.07. The number of terminal acetylenes is 1. The average molecular weight is 296 g/mol. The van der Waals surface area contributed by atoms with E-state index in [0.29, 0.717) is 5.82 Å². The van der Waals surface area contributed by atoms with Crippen molar-refractivity contribution in [3.8, 4) is 23.7 Å². The van der Waals surface area contributed by atoms with E-state index >= 15 is 0 Å². The number of aromatic nitrogens is 3. The lowest BCUT2D eigenvalue weighted by Crippen LogP contribution is -2.25. The monoisotopic (exact) mass is 296 g/mol. The summed E-state index contributed by atoms with van der Waals surface area (Å²) in [4.78, 5) is 26.1. The van der Waals surface area contributed by atoms with Crippen molar-refractivity contribution in [3.63, 3.8) is 0 Å². The Morgan fingerprint density at radius 2 is 2.05 bits per heavy atom. The van der Waals surface area contributed by atoms with Crippen molar-refractivity contribution in [1.82, 2.24) is 20.5 Å². The number of carbonyl (C=O) groups excluding carboxylic acids is 1. The number of nitrogens with one attached hydrogen (secondary N) is 2. The minimum absolute atomic E-state index is 0.142. The van der Waals surface area contributed by atoms with Gasteiger partial charge in [-0.25, -0.2) is 0 Å². The zero-order valence-electron chi connectivity index (χ0n) is 12.2. The fraction of sp³-hybridized carbons (Fsp3) is 0.250. The Hall–Kier alpha value is -2.94. The normalized spacial score (nSPS) is 10.0. The summed E-state index contributed by atoms with van der Waals surface area (Å²) in [5.41, 5.74) is 1.80. The summed E-state index contributed by atoms with van der Waals surface area (Å²) >= 11 is 0. The Morgan fingerprint density at radius 1 is 1.32 bits per heavy atom. The van der Waals surface area contributed by atoms with Gasteiger partial charge in [-0.05, 0) is 6.92 Å².